The number of halogens is 3. The molecular weight excluding hydrogens is 475 g/mol. The number of nitrogens with two attached hydrogens (primary N) is 1. The van der Waals surface area contributed by atoms with E-state index in [0.717, 1.165) is 11.3 Å². The third-order valence-electron chi connectivity index (χ3n) is 4.51. The number of rotatable bonds is 9. The van der Waals surface area contributed by atoms with E-state index in [9.17, 15) is 22.8 Å². The Kier molecular flexibility index (Phi) is 11.1. The van der Waals surface area contributed by atoms with Gasteiger partial charge in [0.2, 0.25) is 5.91 Å². The van der Waals surface area contributed by atoms with E-state index in [1.54, 1.807) is 12.1 Å². The molecule has 1 aliphatic heterocycles. The summed E-state index contributed by atoms with van der Waals surface area (Å²) < 4.78 is 36.4. The highest BCUT2D eigenvalue weighted by molar-refractivity contribution is 6.02. The van der Waals surface area contributed by atoms with Crippen LogP contribution in [0.2, 0.25) is 0 Å². The molecule has 0 fully saturated rings. The number of carbonyl (C=O) groups is 3. The molecule has 1 heterocycles. The van der Waals surface area contributed by atoms with Crippen molar-refractivity contribution in [2.75, 3.05) is 27.7 Å². The summed E-state index contributed by atoms with van der Waals surface area (Å²) in [5, 5.41) is 21.5. The lowest BCUT2D eigenvalue weighted by atomic mass is 10.0. The van der Waals surface area contributed by atoms with Crippen LogP contribution in [-0.4, -0.2) is 85.5 Å². The summed E-state index contributed by atoms with van der Waals surface area (Å²) >= 11 is 0. The fraction of sp³-hybridized carbons (Fsp3) is 0.476. The van der Waals surface area contributed by atoms with Gasteiger partial charge in [0.1, 0.15) is 11.9 Å². The largest absolute Gasteiger partial charge is 0.490 e. The van der Waals surface area contributed by atoms with Crippen molar-refractivity contribution in [3.05, 3.63) is 35.4 Å². The van der Waals surface area contributed by atoms with E-state index in [-0.39, 0.29) is 42.7 Å². The molecule has 1 aliphatic rings. The number of oxime groups is 1. The minimum Gasteiger partial charge on any atom is -0.475 e. The summed E-state index contributed by atoms with van der Waals surface area (Å²) in [6.07, 6.45) is -4.69. The molecule has 1 aromatic rings. The number of nitrogens with one attached hydrogen (secondary N) is 2. The van der Waals surface area contributed by atoms with Crippen molar-refractivity contribution in [1.29, 1.82) is 5.41 Å². The van der Waals surface area contributed by atoms with Crippen LogP contribution in [0.3, 0.4) is 0 Å². The van der Waals surface area contributed by atoms with E-state index in [1.807, 2.05) is 31.1 Å². The van der Waals surface area contributed by atoms with Gasteiger partial charge in [-0.25, -0.2) is 4.79 Å². The Morgan fingerprint density at radius 1 is 1.31 bits per heavy atom. The number of esters is 1. The van der Waals surface area contributed by atoms with Crippen LogP contribution in [0.5, 0.6) is 0 Å². The van der Waals surface area contributed by atoms with Crippen LogP contribution < -0.4 is 11.1 Å². The molecule has 194 valence electrons. The molecule has 0 aliphatic carbocycles. The van der Waals surface area contributed by atoms with Crippen molar-refractivity contribution in [3.8, 4) is 0 Å². The quantitative estimate of drug-likeness (QED) is 0.221. The molecular formula is C21H28F3N5O6. The molecule has 5 N–H and O–H groups in total. The third kappa shape index (κ3) is 10.9. The highest BCUT2D eigenvalue weighted by Crippen LogP contribution is 2.19. The zero-order valence-electron chi connectivity index (χ0n) is 19.4. The van der Waals surface area contributed by atoms with Crippen LogP contribution >= 0.6 is 0 Å². The van der Waals surface area contributed by atoms with Crippen LogP contribution in [0.15, 0.2) is 29.4 Å². The number of carbonyl (C=O) groups excluding carboxylic acids is 2. The van der Waals surface area contributed by atoms with Gasteiger partial charge in [0, 0.05) is 18.5 Å². The number of alkyl halides is 3. The zero-order valence-corrected chi connectivity index (χ0v) is 19.4. The Bertz CT molecular complexity index is 934. The fourth-order valence-corrected chi connectivity index (χ4v) is 2.93. The molecule has 0 aromatic heterocycles. The van der Waals surface area contributed by atoms with E-state index < -0.39 is 12.1 Å². The molecule has 35 heavy (non-hydrogen) atoms. The van der Waals surface area contributed by atoms with Gasteiger partial charge in [0.05, 0.1) is 31.7 Å². The molecule has 1 unspecified atom stereocenters. The fourth-order valence-electron chi connectivity index (χ4n) is 2.93. The summed E-state index contributed by atoms with van der Waals surface area (Å²) in [6.45, 7) is 0.524. The predicted octanol–water partition coefficient (Wildman–Crippen LogP) is 1.10. The number of nitrogens with zero attached hydrogens (tertiary/aromatic N) is 2. The van der Waals surface area contributed by atoms with Crippen LogP contribution in [0.4, 0.5) is 13.2 Å². The van der Waals surface area contributed by atoms with Gasteiger partial charge in [-0.1, -0.05) is 29.4 Å². The SMILES string of the molecule is COC(=O)C[C@H](CN(C)C)NC(=O)CC1CC(c2ccc(C(=N)N)cc2)=NO1.O=C(O)C(F)(F)F. The lowest BCUT2D eigenvalue weighted by Crippen LogP contribution is -2.44. The standard InChI is InChI=1S/C19H27N5O4.C2HF3O2/c1-24(2)11-14(8-18(26)27-3)22-17(25)10-15-9-16(23-28-15)12-4-6-13(7-5-12)19(20)21;3-2(4,5)1(6)7/h4-7,14-15H,8-11H2,1-3H3,(H3,20,21)(H,22,25);(H,6,7)/t14-,15?;/m1./s1. The van der Waals surface area contributed by atoms with Crippen molar-refractivity contribution < 1.29 is 42.2 Å². The number of nitrogen functional groups attached to an aromatic ring is 1. The molecule has 0 saturated heterocycles. The normalized spacial score (nSPS) is 15.7. The minimum absolute atomic E-state index is 0.00458. The van der Waals surface area contributed by atoms with Crippen LogP contribution in [-0.2, 0) is 24.0 Å². The van der Waals surface area contributed by atoms with E-state index in [0.29, 0.717) is 18.5 Å². The van der Waals surface area contributed by atoms with Crippen molar-refractivity contribution in [2.24, 2.45) is 10.9 Å². The molecule has 0 radical (unpaired) electrons. The Balaban J connectivity index is 0.000000762. The number of hydrogen-bond acceptors (Lipinski definition) is 8. The number of carboxylic acids is 1. The van der Waals surface area contributed by atoms with Gasteiger partial charge in [-0.3, -0.25) is 15.0 Å². The predicted molar refractivity (Wildman–Crippen MR) is 119 cm³/mol. The number of benzene rings is 1. The van der Waals surface area contributed by atoms with E-state index in [1.165, 1.54) is 7.11 Å². The summed E-state index contributed by atoms with van der Waals surface area (Å²) in [6, 6.07) is 6.81. The number of methoxy groups -OCH3 is 1. The second-order valence-electron chi connectivity index (χ2n) is 7.77. The molecule has 0 bridgehead atoms. The first-order chi connectivity index (χ1) is 16.2. The monoisotopic (exact) mass is 503 g/mol. The lowest BCUT2D eigenvalue weighted by molar-refractivity contribution is -0.192. The molecule has 11 nitrogen and oxygen atoms in total. The smallest absolute Gasteiger partial charge is 0.475 e. The Labute approximate surface area is 199 Å². The average Bonchev–Trinajstić information content (AvgIpc) is 3.21. The van der Waals surface area contributed by atoms with Crippen molar-refractivity contribution >= 4 is 29.4 Å². The van der Waals surface area contributed by atoms with Crippen molar-refractivity contribution in [3.63, 3.8) is 0 Å². The number of carboxylic acid groups (broad SMARTS) is 1. The van der Waals surface area contributed by atoms with E-state index in [4.69, 9.17) is 30.6 Å². The van der Waals surface area contributed by atoms with E-state index in [2.05, 4.69) is 10.5 Å². The van der Waals surface area contributed by atoms with Gasteiger partial charge in [0.15, 0.2) is 0 Å². The van der Waals surface area contributed by atoms with Gasteiger partial charge in [-0.2, -0.15) is 13.2 Å². The van der Waals surface area contributed by atoms with Crippen LogP contribution in [0, 0.1) is 5.41 Å². The first kappa shape index (κ1) is 29.4. The summed E-state index contributed by atoms with van der Waals surface area (Å²) in [5.74, 6) is -3.33. The summed E-state index contributed by atoms with van der Waals surface area (Å²) in [4.78, 5) is 40.1. The summed E-state index contributed by atoms with van der Waals surface area (Å²) in [7, 11) is 5.06. The number of amides is 1. The van der Waals surface area contributed by atoms with Crippen LogP contribution in [0.25, 0.3) is 0 Å². The second-order valence-corrected chi connectivity index (χ2v) is 7.77. The molecule has 1 amide bonds. The highest BCUT2D eigenvalue weighted by Gasteiger charge is 2.38. The number of hydrogen-bond donors (Lipinski definition) is 4. The number of aliphatic carboxylic acids is 1. The molecule has 0 spiro atoms. The maximum atomic E-state index is 12.4. The van der Waals surface area contributed by atoms with Gasteiger partial charge >= 0.3 is 18.1 Å². The Morgan fingerprint density at radius 3 is 2.34 bits per heavy atom. The van der Waals surface area contributed by atoms with Crippen molar-refractivity contribution in [2.45, 2.75) is 37.6 Å². The Morgan fingerprint density at radius 2 is 1.89 bits per heavy atom. The molecule has 1 aromatic carbocycles. The van der Waals surface area contributed by atoms with E-state index >= 15 is 0 Å². The minimum atomic E-state index is -5.08. The number of likely N-dealkylation sites (N-methyl/N-ethyl adjacent to an activating group) is 1. The molecule has 0 saturated carbocycles. The summed E-state index contributed by atoms with van der Waals surface area (Å²) in [5.41, 5.74) is 7.70. The van der Waals surface area contributed by atoms with Gasteiger partial charge < -0.3 is 30.6 Å². The maximum absolute atomic E-state index is 12.4. The number of amidine groups is 1. The van der Waals surface area contributed by atoms with Crippen LogP contribution in [0.1, 0.15) is 30.4 Å². The molecule has 2 atom stereocenters. The number of ether oxygens (including phenoxy) is 1. The zero-order chi connectivity index (χ0) is 26.8. The highest BCUT2D eigenvalue weighted by atomic mass is 19.4. The average molecular weight is 503 g/mol. The first-order valence-corrected chi connectivity index (χ1v) is 10.2. The van der Waals surface area contributed by atoms with Gasteiger partial charge in [-0.15, -0.1) is 0 Å². The Hall–Kier alpha value is -3.68. The van der Waals surface area contributed by atoms with Gasteiger partial charge in [0.25, 0.3) is 0 Å². The maximum Gasteiger partial charge on any atom is 0.490 e. The molecule has 2 rings (SSSR count). The third-order valence-corrected chi connectivity index (χ3v) is 4.51. The topological polar surface area (TPSA) is 167 Å². The molecule has 14 heteroatoms. The van der Waals surface area contributed by atoms with Gasteiger partial charge in [-0.05, 0) is 19.7 Å². The van der Waals surface area contributed by atoms with Crippen molar-refractivity contribution in [1.82, 2.24) is 10.2 Å². The second kappa shape index (κ2) is 13.3. The lowest BCUT2D eigenvalue weighted by Gasteiger charge is -2.22. The first-order valence-electron chi connectivity index (χ1n) is 10.2.